The largest absolute Gasteiger partial charge is 0.452 e. The fraction of sp³-hybridized carbons (Fsp3) is 0.529. The van der Waals surface area contributed by atoms with E-state index in [9.17, 15) is 19.2 Å². The standard InChI is InChI=1S/C17H23N3O5S/c1-3-18-13(22)8-19-14(23)9-25-17(24)15-11-6-4-5-7-12(11)26-16(15)20-10(2)21/h3-9H2,1-2H3,(H,18,22)(H,19,23)(H,20,21). The van der Waals surface area contributed by atoms with E-state index in [1.165, 1.54) is 18.3 Å². The zero-order chi connectivity index (χ0) is 19.1. The van der Waals surface area contributed by atoms with Crippen molar-refractivity contribution in [3.8, 4) is 0 Å². The third-order valence-electron chi connectivity index (χ3n) is 3.82. The molecule has 8 nitrogen and oxygen atoms in total. The summed E-state index contributed by atoms with van der Waals surface area (Å²) in [6.07, 6.45) is 3.63. The van der Waals surface area contributed by atoms with E-state index in [0.29, 0.717) is 17.1 Å². The molecule has 0 unspecified atom stereocenters. The molecule has 3 amide bonds. The summed E-state index contributed by atoms with van der Waals surface area (Å²) in [4.78, 5) is 48.0. The van der Waals surface area contributed by atoms with Crippen LogP contribution in [0.4, 0.5) is 5.00 Å². The van der Waals surface area contributed by atoms with Crippen molar-refractivity contribution >= 4 is 40.0 Å². The van der Waals surface area contributed by atoms with Gasteiger partial charge in [0, 0.05) is 18.3 Å². The van der Waals surface area contributed by atoms with Gasteiger partial charge in [-0.3, -0.25) is 14.4 Å². The average Bonchev–Trinajstić information content (AvgIpc) is 2.95. The van der Waals surface area contributed by atoms with E-state index in [1.54, 1.807) is 6.92 Å². The molecule has 1 heterocycles. The van der Waals surface area contributed by atoms with E-state index in [-0.39, 0.29) is 18.4 Å². The van der Waals surface area contributed by atoms with Crippen molar-refractivity contribution in [2.24, 2.45) is 0 Å². The van der Waals surface area contributed by atoms with Crippen molar-refractivity contribution in [3.05, 3.63) is 16.0 Å². The number of anilines is 1. The molecule has 0 fully saturated rings. The molecular weight excluding hydrogens is 358 g/mol. The van der Waals surface area contributed by atoms with E-state index in [1.807, 2.05) is 0 Å². The Morgan fingerprint density at radius 1 is 1.08 bits per heavy atom. The predicted octanol–water partition coefficient (Wildman–Crippen LogP) is 0.994. The fourth-order valence-electron chi connectivity index (χ4n) is 2.72. The lowest BCUT2D eigenvalue weighted by Gasteiger charge is -2.12. The first-order valence-electron chi connectivity index (χ1n) is 8.55. The number of fused-ring (bicyclic) bond motifs is 1. The molecule has 9 heteroatoms. The van der Waals surface area contributed by atoms with Gasteiger partial charge in [0.15, 0.2) is 6.61 Å². The summed E-state index contributed by atoms with van der Waals surface area (Å²) in [5, 5.41) is 8.08. The van der Waals surface area contributed by atoms with Gasteiger partial charge in [-0.1, -0.05) is 0 Å². The van der Waals surface area contributed by atoms with Crippen LogP contribution in [0.3, 0.4) is 0 Å². The Bertz CT molecular complexity index is 713. The van der Waals surface area contributed by atoms with Gasteiger partial charge >= 0.3 is 5.97 Å². The SMILES string of the molecule is CCNC(=O)CNC(=O)COC(=O)c1c(NC(C)=O)sc2c1CCCC2. The van der Waals surface area contributed by atoms with E-state index >= 15 is 0 Å². The maximum Gasteiger partial charge on any atom is 0.341 e. The molecule has 1 aliphatic rings. The van der Waals surface area contributed by atoms with Crippen LogP contribution < -0.4 is 16.0 Å². The molecule has 0 spiro atoms. The summed E-state index contributed by atoms with van der Waals surface area (Å²) in [6.45, 7) is 2.97. The number of carbonyl (C=O) groups is 4. The highest BCUT2D eigenvalue weighted by molar-refractivity contribution is 7.17. The van der Waals surface area contributed by atoms with Gasteiger partial charge in [0.2, 0.25) is 11.8 Å². The first kappa shape index (κ1) is 19.9. The van der Waals surface area contributed by atoms with E-state index in [0.717, 1.165) is 36.1 Å². The van der Waals surface area contributed by atoms with Gasteiger partial charge < -0.3 is 20.7 Å². The lowest BCUT2D eigenvalue weighted by atomic mass is 9.95. The van der Waals surface area contributed by atoms with Crippen LogP contribution in [-0.2, 0) is 32.0 Å². The number of nitrogens with one attached hydrogen (secondary N) is 3. The highest BCUT2D eigenvalue weighted by Gasteiger charge is 2.27. The first-order valence-corrected chi connectivity index (χ1v) is 9.36. The third-order valence-corrected chi connectivity index (χ3v) is 5.03. The third kappa shape index (κ3) is 5.29. The van der Waals surface area contributed by atoms with Crippen LogP contribution in [-0.4, -0.2) is 43.4 Å². The summed E-state index contributed by atoms with van der Waals surface area (Å²) in [5.41, 5.74) is 1.24. The topological polar surface area (TPSA) is 114 Å². The smallest absolute Gasteiger partial charge is 0.341 e. The van der Waals surface area contributed by atoms with Crippen LogP contribution in [0, 0.1) is 0 Å². The van der Waals surface area contributed by atoms with Gasteiger partial charge in [-0.25, -0.2) is 4.79 Å². The van der Waals surface area contributed by atoms with Crippen LogP contribution in [0.15, 0.2) is 0 Å². The molecule has 0 saturated heterocycles. The molecule has 0 aromatic carbocycles. The molecule has 0 atom stereocenters. The van der Waals surface area contributed by atoms with Crippen LogP contribution in [0.2, 0.25) is 0 Å². The Hall–Kier alpha value is -2.42. The van der Waals surface area contributed by atoms with E-state index in [2.05, 4.69) is 16.0 Å². The molecule has 1 aliphatic carbocycles. The summed E-state index contributed by atoms with van der Waals surface area (Å²) in [5.74, 6) is -1.78. The minimum absolute atomic E-state index is 0.171. The normalized spacial score (nSPS) is 12.7. The van der Waals surface area contributed by atoms with Gasteiger partial charge in [0.05, 0.1) is 12.1 Å². The number of likely N-dealkylation sites (N-methyl/N-ethyl adjacent to an activating group) is 1. The Kier molecular flexibility index (Phi) is 7.14. The highest BCUT2D eigenvalue weighted by atomic mass is 32.1. The van der Waals surface area contributed by atoms with Crippen LogP contribution in [0.25, 0.3) is 0 Å². The Morgan fingerprint density at radius 3 is 2.50 bits per heavy atom. The van der Waals surface area contributed by atoms with Crippen molar-refractivity contribution in [2.75, 3.05) is 25.0 Å². The second-order valence-corrected chi connectivity index (χ2v) is 7.01. The quantitative estimate of drug-likeness (QED) is 0.610. The molecule has 0 radical (unpaired) electrons. The lowest BCUT2D eigenvalue weighted by molar-refractivity contribution is -0.127. The second-order valence-electron chi connectivity index (χ2n) is 5.90. The van der Waals surface area contributed by atoms with E-state index in [4.69, 9.17) is 4.74 Å². The molecule has 26 heavy (non-hydrogen) atoms. The predicted molar refractivity (Wildman–Crippen MR) is 97.2 cm³/mol. The number of esters is 1. The molecule has 3 N–H and O–H groups in total. The summed E-state index contributed by atoms with van der Waals surface area (Å²) in [6, 6.07) is 0. The highest BCUT2D eigenvalue weighted by Crippen LogP contribution is 2.38. The monoisotopic (exact) mass is 381 g/mol. The number of aryl methyl sites for hydroxylation is 1. The summed E-state index contributed by atoms with van der Waals surface area (Å²) < 4.78 is 5.10. The van der Waals surface area contributed by atoms with Gasteiger partial charge in [0.25, 0.3) is 5.91 Å². The van der Waals surface area contributed by atoms with Crippen LogP contribution in [0.5, 0.6) is 0 Å². The molecule has 1 aromatic rings. The summed E-state index contributed by atoms with van der Waals surface area (Å²) in [7, 11) is 0. The molecule has 0 bridgehead atoms. The Morgan fingerprint density at radius 2 is 1.81 bits per heavy atom. The number of hydrogen-bond acceptors (Lipinski definition) is 6. The zero-order valence-electron chi connectivity index (χ0n) is 14.9. The lowest BCUT2D eigenvalue weighted by Crippen LogP contribution is -2.38. The first-order chi connectivity index (χ1) is 12.4. The number of hydrogen-bond donors (Lipinski definition) is 3. The molecule has 0 aliphatic heterocycles. The van der Waals surface area contributed by atoms with Crippen LogP contribution in [0.1, 0.15) is 47.5 Å². The molecule has 142 valence electrons. The molecule has 1 aromatic heterocycles. The van der Waals surface area contributed by atoms with Crippen molar-refractivity contribution in [2.45, 2.75) is 39.5 Å². The average molecular weight is 381 g/mol. The number of amides is 3. The van der Waals surface area contributed by atoms with Crippen molar-refractivity contribution in [3.63, 3.8) is 0 Å². The zero-order valence-corrected chi connectivity index (χ0v) is 15.7. The maximum absolute atomic E-state index is 12.5. The van der Waals surface area contributed by atoms with Crippen LogP contribution >= 0.6 is 11.3 Å². The Balaban J connectivity index is 2.00. The van der Waals surface area contributed by atoms with Gasteiger partial charge in [-0.15, -0.1) is 11.3 Å². The number of thiophene rings is 1. The molecule has 2 rings (SSSR count). The number of carbonyl (C=O) groups excluding carboxylic acids is 4. The van der Waals surface area contributed by atoms with Gasteiger partial charge in [-0.2, -0.15) is 0 Å². The minimum atomic E-state index is -0.638. The number of ether oxygens (including phenoxy) is 1. The number of rotatable bonds is 7. The van der Waals surface area contributed by atoms with Crippen molar-refractivity contribution in [1.82, 2.24) is 10.6 Å². The second kappa shape index (κ2) is 9.33. The van der Waals surface area contributed by atoms with Gasteiger partial charge in [-0.05, 0) is 38.2 Å². The molecule has 0 saturated carbocycles. The van der Waals surface area contributed by atoms with Crippen molar-refractivity contribution in [1.29, 1.82) is 0 Å². The summed E-state index contributed by atoms with van der Waals surface area (Å²) >= 11 is 1.39. The maximum atomic E-state index is 12.5. The van der Waals surface area contributed by atoms with Gasteiger partial charge in [0.1, 0.15) is 5.00 Å². The fourth-order valence-corrected chi connectivity index (χ4v) is 4.05. The molecular formula is C17H23N3O5S. The Labute approximate surface area is 155 Å². The minimum Gasteiger partial charge on any atom is -0.452 e. The van der Waals surface area contributed by atoms with E-state index < -0.39 is 18.5 Å². The van der Waals surface area contributed by atoms with Crippen molar-refractivity contribution < 1.29 is 23.9 Å².